The minimum absolute atomic E-state index is 0.111. The smallest absolute Gasteiger partial charge is 0.220 e. The molecule has 0 unspecified atom stereocenters. The summed E-state index contributed by atoms with van der Waals surface area (Å²) in [6.45, 7) is 1.57. The summed E-state index contributed by atoms with van der Waals surface area (Å²) >= 11 is 5.76. The average molecular weight is 242 g/mol. The number of carbonyl (C=O) groups is 2. The quantitative estimate of drug-likeness (QED) is 0.799. The minimum atomic E-state index is -0.446. The van der Waals surface area contributed by atoms with Gasteiger partial charge in [0.15, 0.2) is 5.78 Å². The number of halogens is 1. The lowest BCUT2D eigenvalue weighted by atomic mass is 10.1. The fourth-order valence-electron chi connectivity index (χ4n) is 1.16. The summed E-state index contributed by atoms with van der Waals surface area (Å²) in [6.07, 6.45) is 0.111. The van der Waals surface area contributed by atoms with Gasteiger partial charge in [-0.2, -0.15) is 0 Å². The van der Waals surface area contributed by atoms with Gasteiger partial charge in [-0.05, 0) is 25.1 Å². The Balaban J connectivity index is 2.78. The van der Waals surface area contributed by atoms with E-state index in [9.17, 15) is 9.59 Å². The zero-order valence-electron chi connectivity index (χ0n) is 8.83. The summed E-state index contributed by atoms with van der Waals surface area (Å²) in [5.41, 5.74) is 5.37. The van der Waals surface area contributed by atoms with E-state index in [4.69, 9.17) is 22.1 Å². The molecular formula is C11H12ClNO3. The van der Waals surface area contributed by atoms with E-state index >= 15 is 0 Å². The van der Waals surface area contributed by atoms with Gasteiger partial charge in [-0.1, -0.05) is 11.6 Å². The van der Waals surface area contributed by atoms with Gasteiger partial charge in [0.05, 0.1) is 18.6 Å². The van der Waals surface area contributed by atoms with Crippen LogP contribution in [0.1, 0.15) is 23.7 Å². The Hall–Kier alpha value is -1.55. The topological polar surface area (TPSA) is 69.4 Å². The molecule has 0 aliphatic carbocycles. The van der Waals surface area contributed by atoms with E-state index in [1.165, 1.54) is 13.0 Å². The van der Waals surface area contributed by atoms with Crippen molar-refractivity contribution in [3.63, 3.8) is 0 Å². The van der Waals surface area contributed by atoms with Gasteiger partial charge in [-0.15, -0.1) is 0 Å². The lowest BCUT2D eigenvalue weighted by Gasteiger charge is -2.09. The lowest BCUT2D eigenvalue weighted by Crippen LogP contribution is -2.15. The van der Waals surface area contributed by atoms with Crippen LogP contribution < -0.4 is 10.5 Å². The van der Waals surface area contributed by atoms with Gasteiger partial charge in [0, 0.05) is 5.02 Å². The van der Waals surface area contributed by atoms with Crippen LogP contribution in [0.2, 0.25) is 5.02 Å². The maximum atomic E-state index is 11.3. The Morgan fingerprint density at radius 1 is 1.44 bits per heavy atom. The van der Waals surface area contributed by atoms with Crippen molar-refractivity contribution in [3.8, 4) is 5.75 Å². The van der Waals surface area contributed by atoms with Crippen LogP contribution in [0.5, 0.6) is 5.75 Å². The fraction of sp³-hybridized carbons (Fsp3) is 0.273. The van der Waals surface area contributed by atoms with Crippen molar-refractivity contribution in [1.82, 2.24) is 0 Å². The van der Waals surface area contributed by atoms with Crippen molar-refractivity contribution in [2.24, 2.45) is 5.73 Å². The molecule has 0 aromatic heterocycles. The van der Waals surface area contributed by atoms with Crippen LogP contribution in [0.4, 0.5) is 0 Å². The molecule has 0 aliphatic rings. The Morgan fingerprint density at radius 2 is 2.12 bits per heavy atom. The van der Waals surface area contributed by atoms with Crippen LogP contribution in [0, 0.1) is 0 Å². The molecule has 2 N–H and O–H groups in total. The van der Waals surface area contributed by atoms with Crippen LogP contribution in [0.25, 0.3) is 0 Å². The first-order chi connectivity index (χ1) is 7.50. The zero-order chi connectivity index (χ0) is 12.1. The maximum Gasteiger partial charge on any atom is 0.220 e. The highest BCUT2D eigenvalue weighted by Gasteiger charge is 2.09. The molecular weight excluding hydrogens is 230 g/mol. The molecule has 1 aromatic rings. The molecule has 0 radical (unpaired) electrons. The van der Waals surface area contributed by atoms with Gasteiger partial charge in [0.25, 0.3) is 0 Å². The number of hydrogen-bond donors (Lipinski definition) is 1. The van der Waals surface area contributed by atoms with Crippen molar-refractivity contribution in [2.75, 3.05) is 6.61 Å². The maximum absolute atomic E-state index is 11.3. The highest BCUT2D eigenvalue weighted by molar-refractivity contribution is 6.31. The highest BCUT2D eigenvalue weighted by Crippen LogP contribution is 2.23. The highest BCUT2D eigenvalue weighted by atomic mass is 35.5. The number of primary amides is 1. The molecule has 0 atom stereocenters. The van der Waals surface area contributed by atoms with Crippen LogP contribution in [-0.2, 0) is 4.79 Å². The molecule has 1 amide bonds. The molecule has 0 aliphatic heterocycles. The number of ether oxygens (including phenoxy) is 1. The van der Waals surface area contributed by atoms with E-state index in [1.54, 1.807) is 12.1 Å². The summed E-state index contributed by atoms with van der Waals surface area (Å²) in [5, 5.41) is 0.465. The molecule has 1 aromatic carbocycles. The first kappa shape index (κ1) is 12.5. The average Bonchev–Trinajstić information content (AvgIpc) is 2.19. The first-order valence-electron chi connectivity index (χ1n) is 4.72. The van der Waals surface area contributed by atoms with Crippen LogP contribution in [0.3, 0.4) is 0 Å². The molecule has 86 valence electrons. The van der Waals surface area contributed by atoms with E-state index in [0.29, 0.717) is 16.3 Å². The molecule has 0 saturated carbocycles. The molecule has 1 rings (SSSR count). The summed E-state index contributed by atoms with van der Waals surface area (Å²) in [6, 6.07) is 4.75. The van der Waals surface area contributed by atoms with Gasteiger partial charge in [0.1, 0.15) is 5.75 Å². The number of ketones is 1. The minimum Gasteiger partial charge on any atom is -0.492 e. The van der Waals surface area contributed by atoms with Gasteiger partial charge < -0.3 is 10.5 Å². The SMILES string of the molecule is CC(=O)c1cc(Cl)ccc1OCCC(N)=O. The number of amides is 1. The molecule has 0 spiro atoms. The van der Waals surface area contributed by atoms with Crippen LogP contribution in [0.15, 0.2) is 18.2 Å². The second-order valence-corrected chi connectivity index (χ2v) is 3.70. The largest absolute Gasteiger partial charge is 0.492 e. The number of nitrogens with two attached hydrogens (primary N) is 1. The van der Waals surface area contributed by atoms with Crippen molar-refractivity contribution >= 4 is 23.3 Å². The summed E-state index contributed by atoms with van der Waals surface area (Å²) in [7, 11) is 0. The van der Waals surface area contributed by atoms with E-state index in [0.717, 1.165) is 0 Å². The van der Waals surface area contributed by atoms with Crippen LogP contribution in [-0.4, -0.2) is 18.3 Å². The molecule has 0 heterocycles. The van der Waals surface area contributed by atoms with E-state index < -0.39 is 5.91 Å². The third kappa shape index (κ3) is 3.55. The first-order valence-corrected chi connectivity index (χ1v) is 5.10. The Bertz CT molecular complexity index is 418. The van der Waals surface area contributed by atoms with Crippen molar-refractivity contribution < 1.29 is 14.3 Å². The number of hydrogen-bond acceptors (Lipinski definition) is 3. The zero-order valence-corrected chi connectivity index (χ0v) is 9.58. The monoisotopic (exact) mass is 241 g/mol. The fourth-order valence-corrected chi connectivity index (χ4v) is 1.34. The number of carbonyl (C=O) groups excluding carboxylic acids is 2. The van der Waals surface area contributed by atoms with Crippen molar-refractivity contribution in [3.05, 3.63) is 28.8 Å². The predicted octanol–water partition coefficient (Wildman–Crippen LogP) is 1.80. The molecule has 0 saturated heterocycles. The van der Waals surface area contributed by atoms with Gasteiger partial charge in [0.2, 0.25) is 5.91 Å². The summed E-state index contributed by atoms with van der Waals surface area (Å²) in [5.74, 6) is -0.173. The lowest BCUT2D eigenvalue weighted by molar-refractivity contribution is -0.118. The molecule has 0 bridgehead atoms. The van der Waals surface area contributed by atoms with Gasteiger partial charge in [-0.25, -0.2) is 0 Å². The summed E-state index contributed by atoms with van der Waals surface area (Å²) < 4.78 is 5.28. The van der Waals surface area contributed by atoms with Crippen LogP contribution >= 0.6 is 11.6 Å². The van der Waals surface area contributed by atoms with E-state index in [1.807, 2.05) is 0 Å². The number of benzene rings is 1. The van der Waals surface area contributed by atoms with E-state index in [-0.39, 0.29) is 18.8 Å². The Kier molecular flexibility index (Phi) is 4.31. The molecule has 16 heavy (non-hydrogen) atoms. The standard InChI is InChI=1S/C11H12ClNO3/c1-7(14)9-6-8(12)2-3-10(9)16-5-4-11(13)15/h2-3,6H,4-5H2,1H3,(H2,13,15). The Morgan fingerprint density at radius 3 is 2.69 bits per heavy atom. The second kappa shape index (κ2) is 5.51. The van der Waals surface area contributed by atoms with Crippen molar-refractivity contribution in [1.29, 1.82) is 0 Å². The molecule has 5 heteroatoms. The number of Topliss-reactive ketones (excluding diaryl/α,β-unsaturated/α-hetero) is 1. The third-order valence-electron chi connectivity index (χ3n) is 1.93. The normalized spacial score (nSPS) is 9.88. The van der Waals surface area contributed by atoms with Gasteiger partial charge in [-0.3, -0.25) is 9.59 Å². The van der Waals surface area contributed by atoms with Gasteiger partial charge >= 0.3 is 0 Å². The molecule has 4 nitrogen and oxygen atoms in total. The Labute approximate surface area is 98.3 Å². The predicted molar refractivity (Wildman–Crippen MR) is 60.8 cm³/mol. The number of rotatable bonds is 5. The van der Waals surface area contributed by atoms with Crippen molar-refractivity contribution in [2.45, 2.75) is 13.3 Å². The molecule has 0 fully saturated rings. The van der Waals surface area contributed by atoms with E-state index in [2.05, 4.69) is 0 Å². The second-order valence-electron chi connectivity index (χ2n) is 3.26. The summed E-state index contributed by atoms with van der Waals surface area (Å²) in [4.78, 5) is 21.8. The third-order valence-corrected chi connectivity index (χ3v) is 2.16.